The molecule has 0 aliphatic heterocycles. The molecule has 0 aliphatic carbocycles. The Balaban J connectivity index is 2.19. The van der Waals surface area contributed by atoms with Gasteiger partial charge in [0.05, 0.1) is 0 Å². The minimum atomic E-state index is -0.370. The number of aliphatic hydroxyl groups is 1. The number of anilines is 1. The van der Waals surface area contributed by atoms with Crippen molar-refractivity contribution in [2.45, 2.75) is 13.8 Å². The standard InChI is InChI=1S/C10H15N5O2/c1-10(2,6-16)5-11-7-3-4-8-12-13-9(17)15(8)14-7/h3-4,16H,5-6H2,1-2H3,(H,11,14)(H,13,17). The van der Waals surface area contributed by atoms with E-state index in [1.165, 1.54) is 4.52 Å². The molecule has 3 N–H and O–H groups in total. The highest BCUT2D eigenvalue weighted by molar-refractivity contribution is 5.42. The van der Waals surface area contributed by atoms with Crippen LogP contribution in [-0.2, 0) is 0 Å². The number of rotatable bonds is 4. The summed E-state index contributed by atoms with van der Waals surface area (Å²) in [6, 6.07) is 3.43. The topological polar surface area (TPSA) is 95.3 Å². The molecule has 2 aromatic rings. The monoisotopic (exact) mass is 237 g/mol. The molecular formula is C10H15N5O2. The van der Waals surface area contributed by atoms with Gasteiger partial charge in [-0.15, -0.1) is 5.10 Å². The van der Waals surface area contributed by atoms with Gasteiger partial charge in [0, 0.05) is 18.6 Å². The van der Waals surface area contributed by atoms with Gasteiger partial charge < -0.3 is 10.4 Å². The maximum atomic E-state index is 11.3. The Morgan fingerprint density at radius 3 is 3.00 bits per heavy atom. The fourth-order valence-corrected chi connectivity index (χ4v) is 1.28. The number of fused-ring (bicyclic) bond motifs is 1. The highest BCUT2D eigenvalue weighted by Crippen LogP contribution is 2.14. The normalized spacial score (nSPS) is 11.9. The van der Waals surface area contributed by atoms with Crippen molar-refractivity contribution >= 4 is 11.5 Å². The molecule has 0 aliphatic rings. The lowest BCUT2D eigenvalue weighted by Crippen LogP contribution is -2.27. The summed E-state index contributed by atoms with van der Waals surface area (Å²) >= 11 is 0. The Morgan fingerprint density at radius 1 is 1.53 bits per heavy atom. The Hall–Kier alpha value is -1.89. The largest absolute Gasteiger partial charge is 0.396 e. The lowest BCUT2D eigenvalue weighted by Gasteiger charge is -2.21. The first kappa shape index (κ1) is 11.6. The van der Waals surface area contributed by atoms with E-state index in [1.54, 1.807) is 12.1 Å². The van der Waals surface area contributed by atoms with E-state index in [2.05, 4.69) is 20.6 Å². The van der Waals surface area contributed by atoms with Crippen molar-refractivity contribution in [3.05, 3.63) is 22.6 Å². The van der Waals surface area contributed by atoms with Crippen LogP contribution in [0.5, 0.6) is 0 Å². The number of nitrogens with one attached hydrogen (secondary N) is 2. The summed E-state index contributed by atoms with van der Waals surface area (Å²) in [5.74, 6) is 0.572. The molecule has 2 heterocycles. The van der Waals surface area contributed by atoms with Gasteiger partial charge in [0.2, 0.25) is 0 Å². The summed E-state index contributed by atoms with van der Waals surface area (Å²) in [7, 11) is 0. The molecule has 0 saturated carbocycles. The smallest absolute Gasteiger partial charge is 0.364 e. The van der Waals surface area contributed by atoms with E-state index < -0.39 is 0 Å². The van der Waals surface area contributed by atoms with Crippen molar-refractivity contribution in [1.82, 2.24) is 19.8 Å². The van der Waals surface area contributed by atoms with Gasteiger partial charge >= 0.3 is 5.69 Å². The van der Waals surface area contributed by atoms with Crippen LogP contribution in [0.2, 0.25) is 0 Å². The molecule has 2 aromatic heterocycles. The fourth-order valence-electron chi connectivity index (χ4n) is 1.28. The number of nitrogens with zero attached hydrogens (tertiary/aromatic N) is 3. The minimum Gasteiger partial charge on any atom is -0.396 e. The number of hydrogen-bond acceptors (Lipinski definition) is 5. The Labute approximate surface area is 97.5 Å². The summed E-state index contributed by atoms with van der Waals surface area (Å²) in [5, 5.41) is 22.4. The molecule has 0 amide bonds. The third kappa shape index (κ3) is 2.44. The van der Waals surface area contributed by atoms with Crippen LogP contribution in [0.15, 0.2) is 16.9 Å². The molecule has 2 rings (SSSR count). The van der Waals surface area contributed by atoms with Gasteiger partial charge in [0.15, 0.2) is 5.65 Å². The molecule has 92 valence electrons. The SMILES string of the molecule is CC(C)(CO)CNc1ccc2n[nH]c(=O)n2n1. The second-order valence-corrected chi connectivity index (χ2v) is 4.69. The third-order valence-electron chi connectivity index (χ3n) is 2.45. The van der Waals surface area contributed by atoms with Crippen molar-refractivity contribution < 1.29 is 5.11 Å². The average Bonchev–Trinajstić information content (AvgIpc) is 2.69. The molecule has 17 heavy (non-hydrogen) atoms. The van der Waals surface area contributed by atoms with Crippen LogP contribution in [-0.4, -0.2) is 38.1 Å². The number of H-pyrrole nitrogens is 1. The predicted octanol–water partition coefficient (Wildman–Crippen LogP) is -0.152. The van der Waals surface area contributed by atoms with Crippen molar-refractivity contribution in [3.8, 4) is 0 Å². The molecule has 0 fully saturated rings. The van der Waals surface area contributed by atoms with Gasteiger partial charge in [-0.05, 0) is 12.1 Å². The second kappa shape index (κ2) is 4.17. The molecule has 0 saturated heterocycles. The van der Waals surface area contributed by atoms with Gasteiger partial charge in [-0.25, -0.2) is 9.89 Å². The predicted molar refractivity (Wildman–Crippen MR) is 63.0 cm³/mol. The summed E-state index contributed by atoms with van der Waals surface area (Å²) in [4.78, 5) is 11.3. The van der Waals surface area contributed by atoms with Gasteiger partial charge in [0.1, 0.15) is 5.82 Å². The number of aromatic nitrogens is 4. The van der Waals surface area contributed by atoms with Crippen molar-refractivity contribution in [2.24, 2.45) is 5.41 Å². The average molecular weight is 237 g/mol. The zero-order valence-electron chi connectivity index (χ0n) is 9.77. The quantitative estimate of drug-likeness (QED) is 0.687. The van der Waals surface area contributed by atoms with Crippen molar-refractivity contribution in [2.75, 3.05) is 18.5 Å². The maximum Gasteiger partial charge on any atom is 0.364 e. The zero-order chi connectivity index (χ0) is 12.5. The van der Waals surface area contributed by atoms with E-state index >= 15 is 0 Å². The molecule has 0 aromatic carbocycles. The second-order valence-electron chi connectivity index (χ2n) is 4.69. The fraction of sp³-hybridized carbons (Fsp3) is 0.500. The maximum absolute atomic E-state index is 11.3. The van der Waals surface area contributed by atoms with E-state index in [4.69, 9.17) is 5.11 Å². The van der Waals surface area contributed by atoms with Gasteiger partial charge in [-0.1, -0.05) is 13.8 Å². The van der Waals surface area contributed by atoms with Crippen LogP contribution in [0, 0.1) is 5.41 Å². The van der Waals surface area contributed by atoms with Crippen LogP contribution < -0.4 is 11.0 Å². The lowest BCUT2D eigenvalue weighted by atomic mass is 9.95. The highest BCUT2D eigenvalue weighted by atomic mass is 16.3. The van der Waals surface area contributed by atoms with Crippen LogP contribution in [0.25, 0.3) is 5.65 Å². The van der Waals surface area contributed by atoms with E-state index in [9.17, 15) is 4.79 Å². The van der Waals surface area contributed by atoms with Gasteiger partial charge in [-0.3, -0.25) is 0 Å². The number of aromatic amines is 1. The van der Waals surface area contributed by atoms with Crippen LogP contribution in [0.3, 0.4) is 0 Å². The first-order valence-corrected chi connectivity index (χ1v) is 5.31. The molecule has 0 radical (unpaired) electrons. The summed E-state index contributed by atoms with van der Waals surface area (Å²) in [6.45, 7) is 4.51. The Bertz CT molecular complexity index is 571. The van der Waals surface area contributed by atoms with Crippen LogP contribution >= 0.6 is 0 Å². The molecule has 0 spiro atoms. The molecule has 7 heteroatoms. The van der Waals surface area contributed by atoms with E-state index in [0.717, 1.165) is 0 Å². The summed E-state index contributed by atoms with van der Waals surface area (Å²) < 4.78 is 1.19. The minimum absolute atomic E-state index is 0.0773. The summed E-state index contributed by atoms with van der Waals surface area (Å²) in [6.07, 6.45) is 0. The van der Waals surface area contributed by atoms with Crippen LogP contribution in [0.1, 0.15) is 13.8 Å². The summed E-state index contributed by atoms with van der Waals surface area (Å²) in [5.41, 5.74) is -0.134. The number of aliphatic hydroxyl groups excluding tert-OH is 1. The molecule has 0 atom stereocenters. The molecular weight excluding hydrogens is 222 g/mol. The van der Waals surface area contributed by atoms with Gasteiger partial charge in [0.25, 0.3) is 0 Å². The highest BCUT2D eigenvalue weighted by Gasteiger charge is 2.16. The van der Waals surface area contributed by atoms with E-state index in [0.29, 0.717) is 18.0 Å². The first-order valence-electron chi connectivity index (χ1n) is 5.31. The van der Waals surface area contributed by atoms with Crippen LogP contribution in [0.4, 0.5) is 5.82 Å². The van der Waals surface area contributed by atoms with Crippen molar-refractivity contribution in [3.63, 3.8) is 0 Å². The van der Waals surface area contributed by atoms with E-state index in [1.807, 2.05) is 13.8 Å². The van der Waals surface area contributed by atoms with Gasteiger partial charge in [-0.2, -0.15) is 9.61 Å². The number of hydrogen-bond donors (Lipinski definition) is 3. The lowest BCUT2D eigenvalue weighted by molar-refractivity contribution is 0.170. The first-order chi connectivity index (χ1) is 8.02. The Morgan fingerprint density at radius 2 is 2.29 bits per heavy atom. The molecule has 0 unspecified atom stereocenters. The zero-order valence-corrected chi connectivity index (χ0v) is 9.77. The van der Waals surface area contributed by atoms with E-state index in [-0.39, 0.29) is 17.7 Å². The Kier molecular flexibility index (Phi) is 2.84. The third-order valence-corrected chi connectivity index (χ3v) is 2.45. The molecule has 7 nitrogen and oxygen atoms in total. The molecule has 0 bridgehead atoms. The van der Waals surface area contributed by atoms with Crippen molar-refractivity contribution in [1.29, 1.82) is 0 Å².